The van der Waals surface area contributed by atoms with Crippen LogP contribution in [-0.4, -0.2) is 41.6 Å². The molecule has 2 atom stereocenters. The van der Waals surface area contributed by atoms with Crippen LogP contribution in [0.2, 0.25) is 5.02 Å². The highest BCUT2D eigenvalue weighted by Crippen LogP contribution is 2.38. The quantitative estimate of drug-likeness (QED) is 0.792. The van der Waals surface area contributed by atoms with Crippen molar-refractivity contribution in [2.45, 2.75) is 45.3 Å². The van der Waals surface area contributed by atoms with Gasteiger partial charge in [0, 0.05) is 19.0 Å². The lowest BCUT2D eigenvalue weighted by atomic mass is 9.83. The topological polar surface area (TPSA) is 58.6 Å². The van der Waals surface area contributed by atoms with E-state index >= 15 is 0 Å². The summed E-state index contributed by atoms with van der Waals surface area (Å²) < 4.78 is 5.44. The number of nitrogens with one attached hydrogen (secondary N) is 1. The Labute approximate surface area is 140 Å². The van der Waals surface area contributed by atoms with E-state index in [1.807, 2.05) is 33.8 Å². The molecular formula is C17H21ClN2O3. The SMILES string of the molecule is Cc1ccc(Cl)c2c1[C@@H]1CN(C(=O)OC(C)(C)C)C[C@H]1NC2=O. The van der Waals surface area contributed by atoms with Gasteiger partial charge in [0.1, 0.15) is 5.60 Å². The van der Waals surface area contributed by atoms with Gasteiger partial charge in [0.15, 0.2) is 0 Å². The molecule has 1 aromatic carbocycles. The fraction of sp³-hybridized carbons (Fsp3) is 0.529. The van der Waals surface area contributed by atoms with E-state index in [-0.39, 0.29) is 24.0 Å². The first-order chi connectivity index (χ1) is 10.7. The Morgan fingerprint density at radius 2 is 2.04 bits per heavy atom. The van der Waals surface area contributed by atoms with Crippen LogP contribution >= 0.6 is 11.6 Å². The molecule has 124 valence electrons. The third-order valence-corrected chi connectivity index (χ3v) is 4.61. The van der Waals surface area contributed by atoms with Gasteiger partial charge in [0.05, 0.1) is 16.6 Å². The third kappa shape index (κ3) is 2.90. The van der Waals surface area contributed by atoms with Crippen molar-refractivity contribution in [3.05, 3.63) is 33.8 Å². The maximum atomic E-state index is 12.4. The van der Waals surface area contributed by atoms with E-state index in [4.69, 9.17) is 16.3 Å². The van der Waals surface area contributed by atoms with Crippen molar-refractivity contribution in [3.8, 4) is 0 Å². The molecule has 2 heterocycles. The molecule has 0 aromatic heterocycles. The lowest BCUT2D eigenvalue weighted by Gasteiger charge is -2.29. The molecule has 1 N–H and O–H groups in total. The summed E-state index contributed by atoms with van der Waals surface area (Å²) in [6, 6.07) is 3.57. The van der Waals surface area contributed by atoms with Crippen LogP contribution in [0.5, 0.6) is 0 Å². The van der Waals surface area contributed by atoms with Gasteiger partial charge < -0.3 is 15.0 Å². The molecule has 1 saturated heterocycles. The van der Waals surface area contributed by atoms with Gasteiger partial charge >= 0.3 is 6.09 Å². The smallest absolute Gasteiger partial charge is 0.410 e. The minimum Gasteiger partial charge on any atom is -0.444 e. The fourth-order valence-electron chi connectivity index (χ4n) is 3.36. The second-order valence-corrected chi connectivity index (χ2v) is 7.63. The predicted octanol–water partition coefficient (Wildman–Crippen LogP) is 3.09. The Morgan fingerprint density at radius 3 is 2.70 bits per heavy atom. The number of amides is 2. The Morgan fingerprint density at radius 1 is 1.35 bits per heavy atom. The lowest BCUT2D eigenvalue weighted by Crippen LogP contribution is -2.45. The third-order valence-electron chi connectivity index (χ3n) is 4.30. The molecule has 0 spiro atoms. The van der Waals surface area contributed by atoms with Crippen molar-refractivity contribution < 1.29 is 14.3 Å². The highest BCUT2D eigenvalue weighted by atomic mass is 35.5. The van der Waals surface area contributed by atoms with Crippen molar-refractivity contribution in [2.75, 3.05) is 13.1 Å². The highest BCUT2D eigenvalue weighted by Gasteiger charge is 2.44. The number of rotatable bonds is 0. The minimum absolute atomic E-state index is 0.0499. The Bertz CT molecular complexity index is 681. The van der Waals surface area contributed by atoms with Crippen molar-refractivity contribution in [1.29, 1.82) is 0 Å². The molecule has 0 radical (unpaired) electrons. The Balaban J connectivity index is 1.91. The van der Waals surface area contributed by atoms with Crippen molar-refractivity contribution in [1.82, 2.24) is 10.2 Å². The molecular weight excluding hydrogens is 316 g/mol. The minimum atomic E-state index is -0.536. The number of fused-ring (bicyclic) bond motifs is 3. The molecule has 5 nitrogen and oxygen atoms in total. The van der Waals surface area contributed by atoms with Crippen LogP contribution in [0.25, 0.3) is 0 Å². The average molecular weight is 337 g/mol. The number of hydrogen-bond acceptors (Lipinski definition) is 3. The monoisotopic (exact) mass is 336 g/mol. The van der Waals surface area contributed by atoms with Crippen LogP contribution in [0.3, 0.4) is 0 Å². The van der Waals surface area contributed by atoms with Gasteiger partial charge in [0.2, 0.25) is 0 Å². The molecule has 23 heavy (non-hydrogen) atoms. The number of benzene rings is 1. The van der Waals surface area contributed by atoms with E-state index < -0.39 is 5.60 Å². The van der Waals surface area contributed by atoms with E-state index in [0.717, 1.165) is 11.1 Å². The number of hydrogen-bond donors (Lipinski definition) is 1. The van der Waals surface area contributed by atoms with E-state index in [1.165, 1.54) is 0 Å². The summed E-state index contributed by atoms with van der Waals surface area (Å²) >= 11 is 6.22. The van der Waals surface area contributed by atoms with Gasteiger partial charge in [-0.15, -0.1) is 0 Å². The number of halogens is 1. The van der Waals surface area contributed by atoms with Gasteiger partial charge in [-0.1, -0.05) is 17.7 Å². The zero-order valence-corrected chi connectivity index (χ0v) is 14.5. The van der Waals surface area contributed by atoms with Crippen LogP contribution in [0, 0.1) is 6.92 Å². The second-order valence-electron chi connectivity index (χ2n) is 7.22. The van der Waals surface area contributed by atoms with Crippen LogP contribution in [0.4, 0.5) is 4.79 Å². The maximum Gasteiger partial charge on any atom is 0.410 e. The summed E-state index contributed by atoms with van der Waals surface area (Å²) in [5.41, 5.74) is 1.99. The number of carbonyl (C=O) groups excluding carboxylic acids is 2. The summed E-state index contributed by atoms with van der Waals surface area (Å²) in [6.07, 6.45) is -0.345. The molecule has 0 aliphatic carbocycles. The number of ether oxygens (including phenoxy) is 1. The summed E-state index contributed by atoms with van der Waals surface area (Å²) in [7, 11) is 0. The zero-order valence-electron chi connectivity index (χ0n) is 13.8. The fourth-order valence-corrected chi connectivity index (χ4v) is 3.62. The van der Waals surface area contributed by atoms with Gasteiger partial charge in [-0.3, -0.25) is 4.79 Å². The molecule has 0 saturated carbocycles. The van der Waals surface area contributed by atoms with Crippen molar-refractivity contribution in [2.24, 2.45) is 0 Å². The Kier molecular flexibility index (Phi) is 3.79. The first kappa shape index (κ1) is 16.1. The van der Waals surface area contributed by atoms with Crippen molar-refractivity contribution in [3.63, 3.8) is 0 Å². The summed E-state index contributed by atoms with van der Waals surface area (Å²) in [4.78, 5) is 26.4. The molecule has 0 bridgehead atoms. The average Bonchev–Trinajstić information content (AvgIpc) is 2.84. The van der Waals surface area contributed by atoms with Gasteiger partial charge in [-0.05, 0) is 44.9 Å². The van der Waals surface area contributed by atoms with Crippen LogP contribution in [0.15, 0.2) is 12.1 Å². The number of likely N-dealkylation sites (tertiary alicyclic amines) is 1. The molecule has 2 aliphatic rings. The van der Waals surface area contributed by atoms with Gasteiger partial charge in [-0.2, -0.15) is 0 Å². The zero-order chi connectivity index (χ0) is 16.9. The number of nitrogens with zero attached hydrogens (tertiary/aromatic N) is 1. The predicted molar refractivity (Wildman–Crippen MR) is 88.0 cm³/mol. The normalized spacial score (nSPS) is 23.2. The van der Waals surface area contributed by atoms with Crippen LogP contribution in [-0.2, 0) is 4.74 Å². The van der Waals surface area contributed by atoms with Crippen molar-refractivity contribution >= 4 is 23.6 Å². The maximum absolute atomic E-state index is 12.4. The molecule has 1 aromatic rings. The summed E-state index contributed by atoms with van der Waals surface area (Å²) in [5, 5.41) is 3.43. The van der Waals surface area contributed by atoms with E-state index in [1.54, 1.807) is 11.0 Å². The first-order valence-electron chi connectivity index (χ1n) is 7.75. The molecule has 2 aliphatic heterocycles. The summed E-state index contributed by atoms with van der Waals surface area (Å²) in [5.74, 6) is -0.116. The standard InChI is InChI=1S/C17H21ClN2O3/c1-9-5-6-11(18)14-13(9)10-7-20(8-12(10)19-15(14)21)16(22)23-17(2,3)4/h5-6,10,12H,7-8H2,1-4H3,(H,19,21)/t10-,12-/m1/s1. The molecule has 1 fully saturated rings. The van der Waals surface area contributed by atoms with Crippen LogP contribution < -0.4 is 5.32 Å². The lowest BCUT2D eigenvalue weighted by molar-refractivity contribution is 0.0288. The Hall–Kier alpha value is -1.75. The van der Waals surface area contributed by atoms with Gasteiger partial charge in [-0.25, -0.2) is 4.79 Å². The number of carbonyl (C=O) groups is 2. The number of aryl methyl sites for hydroxylation is 1. The van der Waals surface area contributed by atoms with Gasteiger partial charge in [0.25, 0.3) is 5.91 Å². The van der Waals surface area contributed by atoms with E-state index in [0.29, 0.717) is 23.7 Å². The van der Waals surface area contributed by atoms with Crippen LogP contribution in [0.1, 0.15) is 48.2 Å². The second kappa shape index (κ2) is 5.41. The largest absolute Gasteiger partial charge is 0.444 e. The molecule has 6 heteroatoms. The van der Waals surface area contributed by atoms with E-state index in [2.05, 4.69) is 5.32 Å². The summed E-state index contributed by atoms with van der Waals surface area (Å²) in [6.45, 7) is 8.48. The molecule has 0 unspecified atom stereocenters. The highest BCUT2D eigenvalue weighted by molar-refractivity contribution is 6.34. The molecule has 3 rings (SSSR count). The van der Waals surface area contributed by atoms with E-state index in [9.17, 15) is 9.59 Å². The molecule has 2 amide bonds. The first-order valence-corrected chi connectivity index (χ1v) is 8.13.